The average molecular weight is 299 g/mol. The molecule has 20 heavy (non-hydrogen) atoms. The van der Waals surface area contributed by atoms with Crippen LogP contribution in [0.1, 0.15) is 25.8 Å². The van der Waals surface area contributed by atoms with Crippen LogP contribution in [0.4, 0.5) is 4.79 Å². The zero-order valence-corrected chi connectivity index (χ0v) is 12.6. The number of halogens is 1. The molecule has 0 spiro atoms. The van der Waals surface area contributed by atoms with Crippen LogP contribution in [0.5, 0.6) is 5.75 Å². The highest BCUT2D eigenvalue weighted by atomic mass is 35.5. The first-order valence-electron chi connectivity index (χ1n) is 6.41. The molecule has 1 rings (SSSR count). The van der Waals surface area contributed by atoms with Gasteiger partial charge in [-0.05, 0) is 44.0 Å². The molecule has 5 nitrogen and oxygen atoms in total. The summed E-state index contributed by atoms with van der Waals surface area (Å²) in [5.41, 5.74) is 0.828. The van der Waals surface area contributed by atoms with E-state index in [4.69, 9.17) is 16.3 Å². The van der Waals surface area contributed by atoms with Crippen molar-refractivity contribution >= 4 is 23.5 Å². The van der Waals surface area contributed by atoms with Crippen molar-refractivity contribution in [2.24, 2.45) is 0 Å². The van der Waals surface area contributed by atoms with Gasteiger partial charge in [-0.1, -0.05) is 18.5 Å². The second-order valence-corrected chi connectivity index (χ2v) is 4.97. The smallest absolute Gasteiger partial charge is 0.321 e. The fourth-order valence-corrected chi connectivity index (χ4v) is 1.67. The van der Waals surface area contributed by atoms with Crippen molar-refractivity contribution in [1.82, 2.24) is 10.6 Å². The molecular formula is C14H19ClN2O3. The first kappa shape index (κ1) is 16.3. The summed E-state index contributed by atoms with van der Waals surface area (Å²) in [5.74, 6) is 0.0621. The van der Waals surface area contributed by atoms with Gasteiger partial charge in [-0.3, -0.25) is 10.1 Å². The first-order chi connectivity index (χ1) is 9.42. The van der Waals surface area contributed by atoms with E-state index < -0.39 is 11.9 Å². The van der Waals surface area contributed by atoms with E-state index in [0.717, 1.165) is 12.0 Å². The van der Waals surface area contributed by atoms with E-state index in [1.54, 1.807) is 18.2 Å². The van der Waals surface area contributed by atoms with Gasteiger partial charge in [0, 0.05) is 11.1 Å². The van der Waals surface area contributed by atoms with E-state index >= 15 is 0 Å². The lowest BCUT2D eigenvalue weighted by molar-refractivity contribution is -0.122. The van der Waals surface area contributed by atoms with Crippen molar-refractivity contribution in [2.75, 3.05) is 6.61 Å². The molecule has 0 aromatic heterocycles. The van der Waals surface area contributed by atoms with Crippen LogP contribution in [-0.4, -0.2) is 24.6 Å². The number of rotatable bonds is 5. The minimum absolute atomic E-state index is 0.0160. The third-order valence-electron chi connectivity index (χ3n) is 2.74. The summed E-state index contributed by atoms with van der Waals surface area (Å²) in [7, 11) is 0. The second kappa shape index (κ2) is 7.75. The van der Waals surface area contributed by atoms with E-state index in [9.17, 15) is 9.59 Å². The lowest BCUT2D eigenvalue weighted by Gasteiger charge is -2.12. The Labute approximate surface area is 123 Å². The summed E-state index contributed by atoms with van der Waals surface area (Å²) in [5, 5.41) is 5.44. The molecule has 1 aromatic carbocycles. The Kier molecular flexibility index (Phi) is 6.31. The summed E-state index contributed by atoms with van der Waals surface area (Å²) in [6, 6.07) is 4.61. The summed E-state index contributed by atoms with van der Waals surface area (Å²) in [6.07, 6.45) is 0.794. The largest absolute Gasteiger partial charge is 0.483 e. The number of imide groups is 1. The lowest BCUT2D eigenvalue weighted by Crippen LogP contribution is -2.44. The van der Waals surface area contributed by atoms with E-state index in [1.807, 2.05) is 20.8 Å². The molecule has 0 bridgehead atoms. The third-order valence-corrected chi connectivity index (χ3v) is 2.97. The SMILES string of the molecule is CC[C@@H](C)NC(=O)NC(=O)COc1ccc(Cl)cc1C. The van der Waals surface area contributed by atoms with Gasteiger partial charge in [0.2, 0.25) is 0 Å². The van der Waals surface area contributed by atoms with Crippen LogP contribution in [0, 0.1) is 6.92 Å². The van der Waals surface area contributed by atoms with E-state index in [2.05, 4.69) is 10.6 Å². The number of aryl methyl sites for hydroxylation is 1. The number of hydrogen-bond acceptors (Lipinski definition) is 3. The molecule has 0 unspecified atom stereocenters. The Morgan fingerprint density at radius 3 is 2.70 bits per heavy atom. The lowest BCUT2D eigenvalue weighted by atomic mass is 10.2. The normalized spacial score (nSPS) is 11.6. The van der Waals surface area contributed by atoms with Crippen LogP contribution in [0.25, 0.3) is 0 Å². The Morgan fingerprint density at radius 2 is 2.10 bits per heavy atom. The standard InChI is InChI=1S/C14H19ClN2O3/c1-4-10(3)16-14(19)17-13(18)8-20-12-6-5-11(15)7-9(12)2/h5-7,10H,4,8H2,1-3H3,(H2,16,17,18,19)/t10-/m1/s1. The van der Waals surface area contributed by atoms with Crippen molar-refractivity contribution in [3.8, 4) is 5.75 Å². The molecule has 2 N–H and O–H groups in total. The first-order valence-corrected chi connectivity index (χ1v) is 6.79. The number of carbonyl (C=O) groups excluding carboxylic acids is 2. The molecule has 0 aliphatic heterocycles. The Balaban J connectivity index is 2.41. The summed E-state index contributed by atoms with van der Waals surface area (Å²) in [4.78, 5) is 23.0. The molecule has 0 radical (unpaired) electrons. The van der Waals surface area contributed by atoms with Gasteiger partial charge in [-0.25, -0.2) is 4.79 Å². The zero-order valence-electron chi connectivity index (χ0n) is 11.8. The summed E-state index contributed by atoms with van der Waals surface area (Å²) >= 11 is 5.82. The summed E-state index contributed by atoms with van der Waals surface area (Å²) in [6.45, 7) is 5.40. The minimum atomic E-state index is -0.513. The molecular weight excluding hydrogens is 280 g/mol. The second-order valence-electron chi connectivity index (χ2n) is 4.53. The molecule has 0 saturated carbocycles. The number of urea groups is 1. The maximum absolute atomic E-state index is 11.6. The third kappa shape index (κ3) is 5.48. The molecule has 1 aromatic rings. The molecule has 0 saturated heterocycles. The van der Waals surface area contributed by atoms with Crippen molar-refractivity contribution in [2.45, 2.75) is 33.2 Å². The van der Waals surface area contributed by atoms with Gasteiger partial charge in [0.05, 0.1) is 0 Å². The molecule has 0 aliphatic rings. The Hall–Kier alpha value is -1.75. The molecule has 0 aliphatic carbocycles. The molecule has 0 heterocycles. The highest BCUT2D eigenvalue weighted by Gasteiger charge is 2.10. The Bertz CT molecular complexity index is 491. The average Bonchev–Trinajstić information content (AvgIpc) is 2.37. The van der Waals surface area contributed by atoms with E-state index in [-0.39, 0.29) is 12.6 Å². The fourth-order valence-electron chi connectivity index (χ4n) is 1.44. The quantitative estimate of drug-likeness (QED) is 0.878. The highest BCUT2D eigenvalue weighted by Crippen LogP contribution is 2.21. The molecule has 110 valence electrons. The van der Waals surface area contributed by atoms with Crippen molar-refractivity contribution in [3.05, 3.63) is 28.8 Å². The van der Waals surface area contributed by atoms with Crippen LogP contribution in [0.15, 0.2) is 18.2 Å². The maximum atomic E-state index is 11.6. The van der Waals surface area contributed by atoms with Gasteiger partial charge in [0.15, 0.2) is 6.61 Å². The van der Waals surface area contributed by atoms with Crippen LogP contribution in [0.3, 0.4) is 0 Å². The molecule has 3 amide bonds. The van der Waals surface area contributed by atoms with Gasteiger partial charge < -0.3 is 10.1 Å². The molecule has 6 heteroatoms. The predicted octanol–water partition coefficient (Wildman–Crippen LogP) is 2.65. The van der Waals surface area contributed by atoms with Crippen molar-refractivity contribution in [1.29, 1.82) is 0 Å². The van der Waals surface area contributed by atoms with Gasteiger partial charge in [0.1, 0.15) is 5.75 Å². The highest BCUT2D eigenvalue weighted by molar-refractivity contribution is 6.30. The van der Waals surface area contributed by atoms with Crippen molar-refractivity contribution < 1.29 is 14.3 Å². The van der Waals surface area contributed by atoms with Gasteiger partial charge in [-0.2, -0.15) is 0 Å². The zero-order chi connectivity index (χ0) is 15.1. The fraction of sp³-hybridized carbons (Fsp3) is 0.429. The number of hydrogen-bond donors (Lipinski definition) is 2. The topological polar surface area (TPSA) is 67.4 Å². The maximum Gasteiger partial charge on any atom is 0.321 e. The molecule has 0 fully saturated rings. The van der Waals surface area contributed by atoms with Gasteiger partial charge in [-0.15, -0.1) is 0 Å². The number of ether oxygens (including phenoxy) is 1. The van der Waals surface area contributed by atoms with Crippen LogP contribution >= 0.6 is 11.6 Å². The van der Waals surface area contributed by atoms with E-state index in [0.29, 0.717) is 10.8 Å². The van der Waals surface area contributed by atoms with Crippen LogP contribution in [0.2, 0.25) is 5.02 Å². The number of nitrogens with one attached hydrogen (secondary N) is 2. The molecule has 1 atom stereocenters. The monoisotopic (exact) mass is 298 g/mol. The summed E-state index contributed by atoms with van der Waals surface area (Å²) < 4.78 is 5.34. The number of benzene rings is 1. The van der Waals surface area contributed by atoms with Crippen LogP contribution < -0.4 is 15.4 Å². The van der Waals surface area contributed by atoms with Gasteiger partial charge in [0.25, 0.3) is 5.91 Å². The number of carbonyl (C=O) groups is 2. The van der Waals surface area contributed by atoms with Gasteiger partial charge >= 0.3 is 6.03 Å². The van der Waals surface area contributed by atoms with Crippen molar-refractivity contribution in [3.63, 3.8) is 0 Å². The minimum Gasteiger partial charge on any atom is -0.483 e. The Morgan fingerprint density at radius 1 is 1.40 bits per heavy atom. The predicted molar refractivity (Wildman–Crippen MR) is 78.1 cm³/mol. The van der Waals surface area contributed by atoms with Crippen LogP contribution in [-0.2, 0) is 4.79 Å². The number of amides is 3. The van der Waals surface area contributed by atoms with E-state index in [1.165, 1.54) is 0 Å².